The maximum atomic E-state index is 12.3. The summed E-state index contributed by atoms with van der Waals surface area (Å²) in [6.07, 6.45) is 1.26. The highest BCUT2D eigenvalue weighted by Crippen LogP contribution is 2.22. The van der Waals surface area contributed by atoms with Gasteiger partial charge in [-0.05, 0) is 18.1 Å². The Kier molecular flexibility index (Phi) is 4.47. The average molecular weight is 326 g/mol. The SMILES string of the molecule is Cn1ncc(Cl)c1S(=O)(=O)Nc1cccc(C#CCN)n1. The van der Waals surface area contributed by atoms with Crippen LogP contribution in [0.5, 0.6) is 0 Å². The van der Waals surface area contributed by atoms with E-state index in [-0.39, 0.29) is 22.4 Å². The molecular formula is C12H12ClN5O2S. The van der Waals surface area contributed by atoms with E-state index in [0.29, 0.717) is 5.69 Å². The van der Waals surface area contributed by atoms with Gasteiger partial charge in [-0.15, -0.1) is 0 Å². The molecule has 0 aliphatic heterocycles. The first-order valence-corrected chi connectivity index (χ1v) is 7.66. The summed E-state index contributed by atoms with van der Waals surface area (Å²) in [6.45, 7) is 0.197. The molecule has 0 spiro atoms. The number of hydrogen-bond acceptors (Lipinski definition) is 5. The second kappa shape index (κ2) is 6.13. The first-order valence-electron chi connectivity index (χ1n) is 5.80. The van der Waals surface area contributed by atoms with Crippen LogP contribution in [0.2, 0.25) is 5.02 Å². The second-order valence-corrected chi connectivity index (χ2v) is 5.95. The highest BCUT2D eigenvalue weighted by Gasteiger charge is 2.23. The van der Waals surface area contributed by atoms with E-state index in [1.54, 1.807) is 12.1 Å². The lowest BCUT2D eigenvalue weighted by Crippen LogP contribution is -2.18. The molecule has 0 fully saturated rings. The number of rotatable bonds is 3. The van der Waals surface area contributed by atoms with Crippen molar-refractivity contribution < 1.29 is 8.42 Å². The van der Waals surface area contributed by atoms with E-state index in [1.807, 2.05) is 0 Å². The van der Waals surface area contributed by atoms with Crippen molar-refractivity contribution in [2.24, 2.45) is 12.8 Å². The molecule has 2 aromatic heterocycles. The predicted molar refractivity (Wildman–Crippen MR) is 79.2 cm³/mol. The molecule has 0 amide bonds. The number of hydrogen-bond donors (Lipinski definition) is 2. The third-order valence-electron chi connectivity index (χ3n) is 2.40. The largest absolute Gasteiger partial charge is 0.320 e. The number of aryl methyl sites for hydroxylation is 1. The van der Waals surface area contributed by atoms with Gasteiger partial charge in [-0.25, -0.2) is 4.98 Å². The van der Waals surface area contributed by atoms with Gasteiger partial charge in [-0.2, -0.15) is 13.5 Å². The van der Waals surface area contributed by atoms with Crippen LogP contribution < -0.4 is 10.5 Å². The normalized spacial score (nSPS) is 10.8. The zero-order chi connectivity index (χ0) is 15.5. The molecule has 0 atom stereocenters. The molecule has 0 saturated carbocycles. The van der Waals surface area contributed by atoms with Gasteiger partial charge in [-0.3, -0.25) is 9.40 Å². The molecule has 0 aliphatic carbocycles. The maximum absolute atomic E-state index is 12.3. The van der Waals surface area contributed by atoms with Crippen molar-refractivity contribution in [1.82, 2.24) is 14.8 Å². The molecule has 3 N–H and O–H groups in total. The van der Waals surface area contributed by atoms with Crippen LogP contribution in [0, 0.1) is 11.8 Å². The van der Waals surface area contributed by atoms with E-state index >= 15 is 0 Å². The van der Waals surface area contributed by atoms with Crippen molar-refractivity contribution in [3.63, 3.8) is 0 Å². The minimum Gasteiger partial charge on any atom is -0.320 e. The van der Waals surface area contributed by atoms with Crippen molar-refractivity contribution in [1.29, 1.82) is 0 Å². The van der Waals surface area contributed by atoms with Crippen LogP contribution >= 0.6 is 11.6 Å². The Hall–Kier alpha value is -2.08. The molecule has 0 saturated heterocycles. The number of nitrogens with two attached hydrogens (primary N) is 1. The third kappa shape index (κ3) is 3.52. The summed E-state index contributed by atoms with van der Waals surface area (Å²) >= 11 is 5.84. The second-order valence-electron chi connectivity index (χ2n) is 3.94. The van der Waals surface area contributed by atoms with E-state index in [2.05, 4.69) is 26.6 Å². The van der Waals surface area contributed by atoms with Crippen LogP contribution in [0.15, 0.2) is 29.4 Å². The third-order valence-corrected chi connectivity index (χ3v) is 4.26. The molecule has 7 nitrogen and oxygen atoms in total. The maximum Gasteiger partial charge on any atom is 0.281 e. The van der Waals surface area contributed by atoms with Gasteiger partial charge in [0.05, 0.1) is 17.8 Å². The van der Waals surface area contributed by atoms with Gasteiger partial charge >= 0.3 is 0 Å². The van der Waals surface area contributed by atoms with Crippen molar-refractivity contribution in [2.75, 3.05) is 11.3 Å². The number of pyridine rings is 1. The molecule has 9 heteroatoms. The van der Waals surface area contributed by atoms with Crippen LogP contribution in [0.1, 0.15) is 5.69 Å². The zero-order valence-corrected chi connectivity index (χ0v) is 12.6. The van der Waals surface area contributed by atoms with E-state index < -0.39 is 10.0 Å². The Labute approximate surface area is 127 Å². The van der Waals surface area contributed by atoms with E-state index in [4.69, 9.17) is 17.3 Å². The van der Waals surface area contributed by atoms with E-state index in [9.17, 15) is 8.42 Å². The van der Waals surface area contributed by atoms with E-state index in [0.717, 1.165) is 0 Å². The molecule has 0 aromatic carbocycles. The molecule has 0 bridgehead atoms. The Morgan fingerprint density at radius 2 is 2.24 bits per heavy atom. The van der Waals surface area contributed by atoms with Crippen LogP contribution in [0.4, 0.5) is 5.82 Å². The fourth-order valence-electron chi connectivity index (χ4n) is 1.59. The summed E-state index contributed by atoms with van der Waals surface area (Å²) in [4.78, 5) is 4.07. The number of sulfonamides is 1. The Bertz CT molecular complexity index is 800. The fraction of sp³-hybridized carbons (Fsp3) is 0.167. The molecule has 0 radical (unpaired) electrons. The number of aromatic nitrogens is 3. The molecule has 0 aliphatic rings. The molecule has 21 heavy (non-hydrogen) atoms. The zero-order valence-electron chi connectivity index (χ0n) is 11.0. The van der Waals surface area contributed by atoms with Gasteiger partial charge in [0.15, 0.2) is 5.03 Å². The van der Waals surface area contributed by atoms with Gasteiger partial charge < -0.3 is 5.73 Å². The molecule has 0 unspecified atom stereocenters. The minimum absolute atomic E-state index is 0.0316. The molecule has 110 valence electrons. The Morgan fingerprint density at radius 1 is 1.48 bits per heavy atom. The molecule has 2 aromatic rings. The lowest BCUT2D eigenvalue weighted by molar-refractivity contribution is 0.582. The Morgan fingerprint density at radius 3 is 2.86 bits per heavy atom. The van der Waals surface area contributed by atoms with Gasteiger partial charge in [0, 0.05) is 7.05 Å². The smallest absolute Gasteiger partial charge is 0.281 e. The van der Waals surface area contributed by atoms with Crippen LogP contribution in [0.3, 0.4) is 0 Å². The monoisotopic (exact) mass is 325 g/mol. The van der Waals surface area contributed by atoms with Crippen LogP contribution in [0.25, 0.3) is 0 Å². The highest BCUT2D eigenvalue weighted by atomic mass is 35.5. The van der Waals surface area contributed by atoms with Gasteiger partial charge in [0.2, 0.25) is 0 Å². The summed E-state index contributed by atoms with van der Waals surface area (Å²) < 4.78 is 28.1. The standard InChI is InChI=1S/C12H12ClN5O2S/c1-18-12(10(13)8-15-18)21(19,20)17-11-6-2-4-9(16-11)5-3-7-14/h2,4,6,8H,7,14H2,1H3,(H,16,17). The van der Waals surface area contributed by atoms with Crippen molar-refractivity contribution in [2.45, 2.75) is 5.03 Å². The number of nitrogens with one attached hydrogen (secondary N) is 1. The van der Waals surface area contributed by atoms with Gasteiger partial charge in [-0.1, -0.05) is 23.6 Å². The van der Waals surface area contributed by atoms with Crippen LogP contribution in [-0.4, -0.2) is 29.7 Å². The first kappa shape index (κ1) is 15.3. The lowest BCUT2D eigenvalue weighted by Gasteiger charge is -2.08. The lowest BCUT2D eigenvalue weighted by atomic mass is 10.3. The summed E-state index contributed by atoms with van der Waals surface area (Å²) in [5.41, 5.74) is 5.69. The molecule has 2 rings (SSSR count). The average Bonchev–Trinajstić information content (AvgIpc) is 2.76. The van der Waals surface area contributed by atoms with Crippen molar-refractivity contribution in [3.8, 4) is 11.8 Å². The molecular weight excluding hydrogens is 314 g/mol. The summed E-state index contributed by atoms with van der Waals surface area (Å²) in [5.74, 6) is 5.50. The van der Waals surface area contributed by atoms with E-state index in [1.165, 1.54) is 24.0 Å². The first-order chi connectivity index (χ1) is 9.94. The minimum atomic E-state index is -3.89. The molecule has 2 heterocycles. The Balaban J connectivity index is 2.33. The quantitative estimate of drug-likeness (QED) is 0.803. The van der Waals surface area contributed by atoms with Crippen LogP contribution in [-0.2, 0) is 17.1 Å². The van der Waals surface area contributed by atoms with Crippen molar-refractivity contribution in [3.05, 3.63) is 35.1 Å². The topological polar surface area (TPSA) is 103 Å². The predicted octanol–water partition coefficient (Wildman–Crippen LogP) is 0.579. The van der Waals surface area contributed by atoms with Gasteiger partial charge in [0.25, 0.3) is 10.0 Å². The number of nitrogens with zero attached hydrogens (tertiary/aromatic N) is 3. The number of anilines is 1. The number of halogens is 1. The van der Waals surface area contributed by atoms with Gasteiger partial charge in [0.1, 0.15) is 11.5 Å². The highest BCUT2D eigenvalue weighted by molar-refractivity contribution is 7.92. The van der Waals surface area contributed by atoms with Crippen molar-refractivity contribution >= 4 is 27.4 Å². The summed E-state index contributed by atoms with van der Waals surface area (Å²) in [7, 11) is -2.40. The summed E-state index contributed by atoms with van der Waals surface area (Å²) in [5, 5.41) is 3.69. The fourth-order valence-corrected chi connectivity index (χ4v) is 3.25. The summed E-state index contributed by atoms with van der Waals surface area (Å²) in [6, 6.07) is 4.79.